The van der Waals surface area contributed by atoms with Crippen molar-refractivity contribution in [1.82, 2.24) is 10.6 Å². The second-order valence-corrected chi connectivity index (χ2v) is 10.4. The average Bonchev–Trinajstić information content (AvgIpc) is 3.08. The van der Waals surface area contributed by atoms with Gasteiger partial charge in [-0.1, -0.05) is 60.7 Å². The summed E-state index contributed by atoms with van der Waals surface area (Å²) in [5.41, 5.74) is 0.570. The molecule has 2 heterocycles. The summed E-state index contributed by atoms with van der Waals surface area (Å²) in [6, 6.07) is 32.2. The number of fused-ring (bicyclic) bond motifs is 2. The van der Waals surface area contributed by atoms with Crippen molar-refractivity contribution in [2.75, 3.05) is 13.1 Å². The third kappa shape index (κ3) is 7.13. The lowest BCUT2D eigenvalue weighted by Gasteiger charge is -2.09. The van der Waals surface area contributed by atoms with Gasteiger partial charge in [0.25, 0.3) is 11.8 Å². The predicted molar refractivity (Wildman–Crippen MR) is 171 cm³/mol. The quantitative estimate of drug-likeness (QED) is 0.149. The fourth-order valence-corrected chi connectivity index (χ4v) is 4.70. The SMILES string of the molecule is O=C(NCCNC(=O)c1cc2ccc(OCc3ccccc3)cc2oc1=O)c1cc2ccc(OCc3ccccc3)cc2oc1=O. The van der Waals surface area contributed by atoms with Crippen molar-refractivity contribution in [3.8, 4) is 11.5 Å². The van der Waals surface area contributed by atoms with Crippen LogP contribution in [0, 0.1) is 0 Å². The molecule has 2 amide bonds. The van der Waals surface area contributed by atoms with E-state index in [-0.39, 0.29) is 35.4 Å². The highest BCUT2D eigenvalue weighted by Gasteiger charge is 2.16. The van der Waals surface area contributed by atoms with E-state index in [0.29, 0.717) is 35.5 Å². The zero-order valence-corrected chi connectivity index (χ0v) is 24.5. The molecular weight excluding hydrogens is 588 g/mol. The number of ether oxygens (including phenoxy) is 2. The Bertz CT molecular complexity index is 1990. The molecule has 4 aromatic carbocycles. The van der Waals surface area contributed by atoms with E-state index in [1.807, 2.05) is 60.7 Å². The largest absolute Gasteiger partial charge is 0.489 e. The van der Waals surface area contributed by atoms with Gasteiger partial charge in [0.2, 0.25) is 0 Å². The molecule has 2 aromatic heterocycles. The van der Waals surface area contributed by atoms with Crippen LogP contribution in [0.15, 0.2) is 128 Å². The third-order valence-corrected chi connectivity index (χ3v) is 7.10. The molecular formula is C36H28N2O8. The van der Waals surface area contributed by atoms with E-state index in [1.165, 1.54) is 12.1 Å². The van der Waals surface area contributed by atoms with Crippen LogP contribution in [0.1, 0.15) is 31.8 Å². The summed E-state index contributed by atoms with van der Waals surface area (Å²) in [5.74, 6) is -0.286. The van der Waals surface area contributed by atoms with Gasteiger partial charge in [-0.05, 0) is 47.5 Å². The van der Waals surface area contributed by atoms with Crippen LogP contribution in [0.25, 0.3) is 21.9 Å². The predicted octanol–water partition coefficient (Wildman–Crippen LogP) is 5.22. The minimum Gasteiger partial charge on any atom is -0.489 e. The number of carbonyl (C=O) groups excluding carboxylic acids is 2. The maximum Gasteiger partial charge on any atom is 0.349 e. The number of rotatable bonds is 11. The molecule has 10 nitrogen and oxygen atoms in total. The molecule has 0 aliphatic carbocycles. The Morgan fingerprint density at radius 1 is 0.543 bits per heavy atom. The molecule has 0 bridgehead atoms. The first-order valence-electron chi connectivity index (χ1n) is 14.5. The van der Waals surface area contributed by atoms with Crippen LogP contribution in [0.3, 0.4) is 0 Å². The number of amides is 2. The second-order valence-electron chi connectivity index (χ2n) is 10.4. The minimum absolute atomic E-state index is 0.00462. The number of carbonyl (C=O) groups is 2. The van der Waals surface area contributed by atoms with Crippen molar-refractivity contribution >= 4 is 33.8 Å². The van der Waals surface area contributed by atoms with Crippen molar-refractivity contribution < 1.29 is 27.9 Å². The van der Waals surface area contributed by atoms with Gasteiger partial charge in [0.1, 0.15) is 47.0 Å². The molecule has 0 aliphatic heterocycles. The normalized spacial score (nSPS) is 10.9. The van der Waals surface area contributed by atoms with Gasteiger partial charge in [0, 0.05) is 36.0 Å². The van der Waals surface area contributed by atoms with Gasteiger partial charge in [-0.15, -0.1) is 0 Å². The first-order valence-corrected chi connectivity index (χ1v) is 14.5. The number of hydrogen-bond donors (Lipinski definition) is 2. The van der Waals surface area contributed by atoms with Crippen LogP contribution in [0.4, 0.5) is 0 Å². The van der Waals surface area contributed by atoms with E-state index in [2.05, 4.69) is 10.6 Å². The number of nitrogens with one attached hydrogen (secondary N) is 2. The molecule has 6 rings (SSSR count). The Morgan fingerprint density at radius 3 is 1.37 bits per heavy atom. The lowest BCUT2D eigenvalue weighted by molar-refractivity contribution is 0.0924. The Hall–Kier alpha value is -6.16. The van der Waals surface area contributed by atoms with E-state index in [1.54, 1.807) is 36.4 Å². The highest BCUT2D eigenvalue weighted by atomic mass is 16.5. The van der Waals surface area contributed by atoms with Gasteiger partial charge in [-0.3, -0.25) is 9.59 Å². The van der Waals surface area contributed by atoms with Crippen LogP contribution in [0.5, 0.6) is 11.5 Å². The zero-order chi connectivity index (χ0) is 31.9. The highest BCUT2D eigenvalue weighted by molar-refractivity contribution is 5.98. The smallest absolute Gasteiger partial charge is 0.349 e. The molecule has 0 fully saturated rings. The molecule has 0 saturated carbocycles. The lowest BCUT2D eigenvalue weighted by Crippen LogP contribution is -2.37. The van der Waals surface area contributed by atoms with Crippen LogP contribution < -0.4 is 31.4 Å². The Kier molecular flexibility index (Phi) is 8.87. The first-order chi connectivity index (χ1) is 22.4. The van der Waals surface area contributed by atoms with Crippen LogP contribution in [-0.4, -0.2) is 24.9 Å². The van der Waals surface area contributed by atoms with Gasteiger partial charge >= 0.3 is 11.3 Å². The van der Waals surface area contributed by atoms with Crippen molar-refractivity contribution in [2.24, 2.45) is 0 Å². The van der Waals surface area contributed by atoms with E-state index in [4.69, 9.17) is 18.3 Å². The molecule has 230 valence electrons. The second kappa shape index (κ2) is 13.6. The van der Waals surface area contributed by atoms with Crippen molar-refractivity contribution in [3.63, 3.8) is 0 Å². The van der Waals surface area contributed by atoms with Crippen molar-refractivity contribution in [2.45, 2.75) is 13.2 Å². The molecule has 0 saturated heterocycles. The Labute approximate surface area is 262 Å². The summed E-state index contributed by atoms with van der Waals surface area (Å²) >= 11 is 0. The van der Waals surface area contributed by atoms with Gasteiger partial charge in [-0.2, -0.15) is 0 Å². The summed E-state index contributed by atoms with van der Waals surface area (Å²) in [6.07, 6.45) is 0. The summed E-state index contributed by atoms with van der Waals surface area (Å²) < 4.78 is 22.3. The third-order valence-electron chi connectivity index (χ3n) is 7.10. The van der Waals surface area contributed by atoms with E-state index in [0.717, 1.165) is 11.1 Å². The summed E-state index contributed by atoms with van der Waals surface area (Å²) in [7, 11) is 0. The van der Waals surface area contributed by atoms with Crippen molar-refractivity contribution in [3.05, 3.63) is 152 Å². The molecule has 46 heavy (non-hydrogen) atoms. The van der Waals surface area contributed by atoms with Crippen molar-refractivity contribution in [1.29, 1.82) is 0 Å². The van der Waals surface area contributed by atoms with Gasteiger partial charge in [0.05, 0.1) is 0 Å². The molecule has 10 heteroatoms. The van der Waals surface area contributed by atoms with Crippen LogP contribution in [-0.2, 0) is 13.2 Å². The van der Waals surface area contributed by atoms with Gasteiger partial charge in [0.15, 0.2) is 0 Å². The van der Waals surface area contributed by atoms with Gasteiger partial charge in [-0.25, -0.2) is 9.59 Å². The van der Waals surface area contributed by atoms with Gasteiger partial charge < -0.3 is 28.9 Å². The standard InChI is InChI=1S/C36H28N2O8/c39-33(29-17-25-11-13-27(19-31(25)45-35(29)41)43-21-23-7-3-1-4-8-23)37-15-16-38-34(40)30-18-26-12-14-28(20-32(26)46-36(30)42)44-22-24-9-5-2-6-10-24/h1-14,17-20H,15-16,21-22H2,(H,37,39)(H,38,40). The maximum absolute atomic E-state index is 12.7. The highest BCUT2D eigenvalue weighted by Crippen LogP contribution is 2.23. The minimum atomic E-state index is -0.809. The monoisotopic (exact) mass is 616 g/mol. The van der Waals surface area contributed by atoms with E-state index in [9.17, 15) is 19.2 Å². The Morgan fingerprint density at radius 2 is 0.957 bits per heavy atom. The number of hydrogen-bond acceptors (Lipinski definition) is 8. The fraction of sp³-hybridized carbons (Fsp3) is 0.111. The molecule has 0 atom stereocenters. The van der Waals surface area contributed by atoms with Crippen LogP contribution >= 0.6 is 0 Å². The van der Waals surface area contributed by atoms with E-state index < -0.39 is 23.1 Å². The maximum atomic E-state index is 12.7. The molecule has 6 aromatic rings. The topological polar surface area (TPSA) is 137 Å². The summed E-state index contributed by atoms with van der Waals surface area (Å²) in [4.78, 5) is 50.6. The summed E-state index contributed by atoms with van der Waals surface area (Å²) in [5, 5.41) is 6.25. The molecule has 0 aliphatic rings. The molecule has 0 radical (unpaired) electrons. The van der Waals surface area contributed by atoms with Crippen LogP contribution in [0.2, 0.25) is 0 Å². The fourth-order valence-electron chi connectivity index (χ4n) is 4.70. The molecule has 0 unspecified atom stereocenters. The van der Waals surface area contributed by atoms with E-state index >= 15 is 0 Å². The number of benzene rings is 4. The average molecular weight is 617 g/mol. The Balaban J connectivity index is 1.02. The molecule has 2 N–H and O–H groups in total. The molecule has 0 spiro atoms. The lowest BCUT2D eigenvalue weighted by atomic mass is 10.1. The zero-order valence-electron chi connectivity index (χ0n) is 24.5. The first kappa shape index (κ1) is 29.9. The summed E-state index contributed by atoms with van der Waals surface area (Å²) in [6.45, 7) is 0.696.